The lowest BCUT2D eigenvalue weighted by Crippen LogP contribution is -2.02. The van der Waals surface area contributed by atoms with Crippen LogP contribution in [-0.4, -0.2) is 23.1 Å². The molecule has 1 N–H and O–H groups in total. The number of hydrogen-bond acceptors (Lipinski definition) is 5. The van der Waals surface area contributed by atoms with Gasteiger partial charge in [-0.2, -0.15) is 4.98 Å². The van der Waals surface area contributed by atoms with Gasteiger partial charge in [-0.15, -0.1) is 12.4 Å². The van der Waals surface area contributed by atoms with Crippen molar-refractivity contribution >= 4 is 18.3 Å². The highest BCUT2D eigenvalue weighted by Crippen LogP contribution is 1.88. The van der Waals surface area contributed by atoms with Gasteiger partial charge >= 0.3 is 0 Å². The molecule has 0 saturated carbocycles. The van der Waals surface area contributed by atoms with Gasteiger partial charge in [-0.3, -0.25) is 5.41 Å². The fraction of sp³-hybridized carbons (Fsp3) is 0.250. The van der Waals surface area contributed by atoms with Crippen LogP contribution in [0.3, 0.4) is 0 Å². The number of ether oxygens (including phenoxy) is 1. The number of nitrogens with one attached hydrogen (secondary N) is 1. The van der Waals surface area contributed by atoms with E-state index >= 15 is 0 Å². The summed E-state index contributed by atoms with van der Waals surface area (Å²) in [5, 5.41) is 10.3. The molecule has 1 aromatic heterocycles. The second kappa shape index (κ2) is 3.84. The van der Waals surface area contributed by atoms with Crippen molar-refractivity contribution in [2.75, 3.05) is 7.11 Å². The molecule has 0 bridgehead atoms. The zero-order valence-corrected chi connectivity index (χ0v) is 6.01. The number of halogens is 1. The molecule has 0 spiro atoms. The second-order valence-electron chi connectivity index (χ2n) is 1.29. The van der Waals surface area contributed by atoms with Crippen molar-refractivity contribution in [3.05, 3.63) is 12.2 Å². The molecule has 1 rings (SSSR count). The minimum absolute atomic E-state index is 0. The zero-order chi connectivity index (χ0) is 6.69. The van der Waals surface area contributed by atoms with Gasteiger partial charge in [0.1, 0.15) is 0 Å². The maximum absolute atomic E-state index is 6.99. The molecule has 5 nitrogen and oxygen atoms in total. The van der Waals surface area contributed by atoms with Crippen LogP contribution in [0, 0.1) is 5.41 Å². The molecule has 0 fully saturated rings. The van der Waals surface area contributed by atoms with Crippen molar-refractivity contribution in [1.82, 2.24) is 10.1 Å². The van der Waals surface area contributed by atoms with Gasteiger partial charge in [-0.1, -0.05) is 5.16 Å². The summed E-state index contributed by atoms with van der Waals surface area (Å²) in [4.78, 5) is 3.56. The van der Waals surface area contributed by atoms with Crippen LogP contribution in [0.4, 0.5) is 0 Å². The number of methoxy groups -OCH3 is 1. The predicted octanol–water partition coefficient (Wildman–Crippen LogP) is 0.463. The molecule has 0 aliphatic rings. The molecule has 0 amide bonds. The van der Waals surface area contributed by atoms with Crippen LogP contribution >= 0.6 is 12.4 Å². The largest absolute Gasteiger partial charge is 0.479 e. The van der Waals surface area contributed by atoms with Gasteiger partial charge in [0.05, 0.1) is 7.11 Å². The van der Waals surface area contributed by atoms with E-state index in [0.717, 1.165) is 6.39 Å². The molecule has 1 aromatic rings. The Hall–Kier alpha value is -1.10. The maximum atomic E-state index is 6.99. The van der Waals surface area contributed by atoms with E-state index in [1.54, 1.807) is 0 Å². The van der Waals surface area contributed by atoms with Crippen molar-refractivity contribution < 1.29 is 9.26 Å². The highest BCUT2D eigenvalue weighted by Gasteiger charge is 2.03. The Kier molecular flexibility index (Phi) is 3.42. The van der Waals surface area contributed by atoms with Gasteiger partial charge in [0, 0.05) is 0 Å². The molecule has 0 radical (unpaired) electrons. The Morgan fingerprint density at radius 1 is 1.80 bits per heavy atom. The van der Waals surface area contributed by atoms with Crippen LogP contribution in [0.25, 0.3) is 0 Å². The summed E-state index contributed by atoms with van der Waals surface area (Å²) in [6.45, 7) is 0. The summed E-state index contributed by atoms with van der Waals surface area (Å²) in [6, 6.07) is 0. The fourth-order valence-corrected chi connectivity index (χ4v) is 0.362. The Morgan fingerprint density at radius 2 is 2.50 bits per heavy atom. The summed E-state index contributed by atoms with van der Waals surface area (Å²) in [7, 11) is 1.37. The lowest BCUT2D eigenvalue weighted by Gasteiger charge is -1.91. The van der Waals surface area contributed by atoms with Gasteiger partial charge in [-0.25, -0.2) is 0 Å². The SMILES string of the molecule is COC(=N)c1ncon1.Cl. The average molecular weight is 164 g/mol. The van der Waals surface area contributed by atoms with E-state index in [2.05, 4.69) is 19.4 Å². The molecule has 6 heteroatoms. The van der Waals surface area contributed by atoms with E-state index < -0.39 is 0 Å². The first-order valence-electron chi connectivity index (χ1n) is 2.24. The van der Waals surface area contributed by atoms with E-state index in [1.165, 1.54) is 7.11 Å². The lowest BCUT2D eigenvalue weighted by atomic mass is 10.6. The highest BCUT2D eigenvalue weighted by atomic mass is 35.5. The summed E-state index contributed by atoms with van der Waals surface area (Å²) < 4.78 is 8.85. The van der Waals surface area contributed by atoms with E-state index in [4.69, 9.17) is 5.41 Å². The van der Waals surface area contributed by atoms with E-state index in [0.29, 0.717) is 0 Å². The third-order valence-electron chi connectivity index (χ3n) is 0.769. The molecule has 10 heavy (non-hydrogen) atoms. The van der Waals surface area contributed by atoms with Crippen LogP contribution in [-0.2, 0) is 4.74 Å². The molecule has 0 atom stereocenters. The smallest absolute Gasteiger partial charge is 0.256 e. The summed E-state index contributed by atoms with van der Waals surface area (Å²) in [5.74, 6) is 0.0706. The van der Waals surface area contributed by atoms with Crippen LogP contribution in [0.2, 0.25) is 0 Å². The van der Waals surface area contributed by atoms with Gasteiger partial charge in [-0.05, 0) is 0 Å². The molecule has 0 unspecified atom stereocenters. The van der Waals surface area contributed by atoms with Gasteiger partial charge in [0.25, 0.3) is 11.7 Å². The molecule has 0 aromatic carbocycles. The molecule has 0 aliphatic heterocycles. The standard InChI is InChI=1S/C4H5N3O2.ClH/c1-8-3(5)4-6-2-9-7-4;/h2,5H,1H3;1H. The zero-order valence-electron chi connectivity index (χ0n) is 5.20. The van der Waals surface area contributed by atoms with Crippen molar-refractivity contribution in [2.24, 2.45) is 0 Å². The van der Waals surface area contributed by atoms with Crippen molar-refractivity contribution in [3.63, 3.8) is 0 Å². The third kappa shape index (κ3) is 1.70. The summed E-state index contributed by atoms with van der Waals surface area (Å²) in [6.07, 6.45) is 1.14. The normalized spacial score (nSPS) is 8.10. The van der Waals surface area contributed by atoms with E-state index in [-0.39, 0.29) is 24.1 Å². The van der Waals surface area contributed by atoms with Gasteiger partial charge in [0.15, 0.2) is 0 Å². The first-order chi connectivity index (χ1) is 4.34. The Labute approximate surface area is 63.3 Å². The quantitative estimate of drug-likeness (QED) is 0.482. The first kappa shape index (κ1) is 8.90. The van der Waals surface area contributed by atoms with Gasteiger partial charge in [0.2, 0.25) is 6.39 Å². The molecular formula is C4H6ClN3O2. The average Bonchev–Trinajstić information content (AvgIpc) is 2.37. The van der Waals surface area contributed by atoms with Crippen molar-refractivity contribution in [1.29, 1.82) is 5.41 Å². The van der Waals surface area contributed by atoms with E-state index in [9.17, 15) is 0 Å². The monoisotopic (exact) mass is 163 g/mol. The Balaban J connectivity index is 0.000000810. The topological polar surface area (TPSA) is 72.0 Å². The molecule has 0 saturated heterocycles. The van der Waals surface area contributed by atoms with Crippen molar-refractivity contribution in [2.45, 2.75) is 0 Å². The Bertz CT molecular complexity index is 198. The predicted molar refractivity (Wildman–Crippen MR) is 35.4 cm³/mol. The number of aromatic nitrogens is 2. The highest BCUT2D eigenvalue weighted by molar-refractivity contribution is 5.86. The second-order valence-corrected chi connectivity index (χ2v) is 1.29. The van der Waals surface area contributed by atoms with Crippen molar-refractivity contribution in [3.8, 4) is 0 Å². The maximum Gasteiger partial charge on any atom is 0.256 e. The van der Waals surface area contributed by atoms with Crippen LogP contribution in [0.15, 0.2) is 10.9 Å². The molecule has 1 heterocycles. The number of nitrogens with zero attached hydrogens (tertiary/aromatic N) is 2. The van der Waals surface area contributed by atoms with Crippen LogP contribution < -0.4 is 0 Å². The molecular weight excluding hydrogens is 158 g/mol. The minimum Gasteiger partial charge on any atom is -0.479 e. The summed E-state index contributed by atoms with van der Waals surface area (Å²) in [5.41, 5.74) is 0. The van der Waals surface area contributed by atoms with E-state index in [1.807, 2.05) is 0 Å². The Morgan fingerprint density at radius 3 is 2.90 bits per heavy atom. The first-order valence-corrected chi connectivity index (χ1v) is 2.24. The lowest BCUT2D eigenvalue weighted by molar-refractivity contribution is 0.384. The fourth-order valence-electron chi connectivity index (χ4n) is 0.362. The third-order valence-corrected chi connectivity index (χ3v) is 0.769. The van der Waals surface area contributed by atoms with Crippen LogP contribution in [0.5, 0.6) is 0 Å². The minimum atomic E-state index is -0.0937. The summed E-state index contributed by atoms with van der Waals surface area (Å²) >= 11 is 0. The molecule has 56 valence electrons. The molecule has 0 aliphatic carbocycles. The number of rotatable bonds is 1. The van der Waals surface area contributed by atoms with Crippen LogP contribution in [0.1, 0.15) is 5.82 Å². The number of hydrogen-bond donors (Lipinski definition) is 1. The van der Waals surface area contributed by atoms with Gasteiger partial charge < -0.3 is 9.26 Å².